The van der Waals surface area contributed by atoms with Crippen molar-refractivity contribution in [3.8, 4) is 12.3 Å². The number of ether oxygens (including phenoxy) is 2. The van der Waals surface area contributed by atoms with Crippen LogP contribution in [-0.4, -0.2) is 37.6 Å². The molecule has 0 unspecified atom stereocenters. The minimum absolute atomic E-state index is 0.0321. The zero-order valence-corrected chi connectivity index (χ0v) is 12.7. The lowest BCUT2D eigenvalue weighted by Crippen LogP contribution is -2.41. The molecule has 5 nitrogen and oxygen atoms in total. The first-order valence-corrected chi connectivity index (χ1v) is 8.01. The second-order valence-corrected chi connectivity index (χ2v) is 5.82. The average molecular weight is 294 g/mol. The van der Waals surface area contributed by atoms with Crippen LogP contribution in [0.5, 0.6) is 0 Å². The highest BCUT2D eigenvalue weighted by Crippen LogP contribution is 2.37. The lowest BCUT2D eigenvalue weighted by Gasteiger charge is -2.31. The summed E-state index contributed by atoms with van der Waals surface area (Å²) in [4.78, 5) is 11.6. The van der Waals surface area contributed by atoms with Gasteiger partial charge in [0, 0.05) is 32.4 Å². The Morgan fingerprint density at radius 2 is 2.05 bits per heavy atom. The molecule has 1 spiro atoms. The lowest BCUT2D eigenvalue weighted by atomic mass is 9.94. The molecule has 2 amide bonds. The third-order valence-corrected chi connectivity index (χ3v) is 4.05. The number of terminal acetylenes is 1. The Morgan fingerprint density at radius 3 is 2.81 bits per heavy atom. The first kappa shape index (κ1) is 16.1. The van der Waals surface area contributed by atoms with Gasteiger partial charge in [0.1, 0.15) is 6.10 Å². The monoisotopic (exact) mass is 294 g/mol. The molecule has 21 heavy (non-hydrogen) atoms. The molecule has 2 N–H and O–H groups in total. The zero-order chi connectivity index (χ0) is 15.0. The first-order valence-electron chi connectivity index (χ1n) is 8.01. The normalized spacial score (nSPS) is 23.7. The third-order valence-electron chi connectivity index (χ3n) is 4.05. The Kier molecular flexibility index (Phi) is 6.34. The molecule has 0 radical (unpaired) electrons. The van der Waals surface area contributed by atoms with Crippen LogP contribution < -0.4 is 10.6 Å². The lowest BCUT2D eigenvalue weighted by molar-refractivity contribution is -0.186. The van der Waals surface area contributed by atoms with Gasteiger partial charge in [-0.15, -0.1) is 12.3 Å². The number of nitrogens with one attached hydrogen (secondary N) is 2. The van der Waals surface area contributed by atoms with E-state index in [0.717, 1.165) is 44.9 Å². The summed E-state index contributed by atoms with van der Waals surface area (Å²) in [6.45, 7) is 1.72. The van der Waals surface area contributed by atoms with Crippen molar-refractivity contribution in [3.05, 3.63) is 0 Å². The van der Waals surface area contributed by atoms with Gasteiger partial charge in [-0.3, -0.25) is 0 Å². The number of rotatable bonds is 6. The fourth-order valence-electron chi connectivity index (χ4n) is 2.89. The highest BCUT2D eigenvalue weighted by Gasteiger charge is 2.42. The predicted molar refractivity (Wildman–Crippen MR) is 80.7 cm³/mol. The number of unbranched alkanes of at least 4 members (excludes halogenated alkanes) is 2. The van der Waals surface area contributed by atoms with E-state index < -0.39 is 0 Å². The van der Waals surface area contributed by atoms with Crippen molar-refractivity contribution in [2.24, 2.45) is 0 Å². The highest BCUT2D eigenvalue weighted by atomic mass is 16.7. The van der Waals surface area contributed by atoms with Crippen LogP contribution in [0.2, 0.25) is 0 Å². The summed E-state index contributed by atoms with van der Waals surface area (Å²) in [5.41, 5.74) is 0. The molecule has 1 saturated carbocycles. The molecular weight excluding hydrogens is 268 g/mol. The van der Waals surface area contributed by atoms with E-state index in [1.165, 1.54) is 6.42 Å². The number of hydrogen-bond acceptors (Lipinski definition) is 3. The number of carbonyl (C=O) groups excluding carboxylic acids is 1. The first-order chi connectivity index (χ1) is 10.2. The van der Waals surface area contributed by atoms with E-state index in [2.05, 4.69) is 16.6 Å². The van der Waals surface area contributed by atoms with Crippen molar-refractivity contribution < 1.29 is 14.3 Å². The molecule has 118 valence electrons. The number of hydrogen-bond donors (Lipinski definition) is 2. The van der Waals surface area contributed by atoms with E-state index in [1.807, 2.05) is 0 Å². The van der Waals surface area contributed by atoms with Gasteiger partial charge in [0.05, 0.1) is 6.61 Å². The topological polar surface area (TPSA) is 59.6 Å². The van der Waals surface area contributed by atoms with Crippen LogP contribution in [-0.2, 0) is 9.47 Å². The molecule has 1 aliphatic carbocycles. The maximum absolute atomic E-state index is 11.6. The van der Waals surface area contributed by atoms with Crippen molar-refractivity contribution in [2.75, 3.05) is 19.7 Å². The van der Waals surface area contributed by atoms with E-state index in [0.29, 0.717) is 19.7 Å². The molecule has 0 aromatic carbocycles. The van der Waals surface area contributed by atoms with Crippen LogP contribution in [0.25, 0.3) is 0 Å². The van der Waals surface area contributed by atoms with E-state index in [4.69, 9.17) is 15.9 Å². The molecule has 0 aromatic rings. The summed E-state index contributed by atoms with van der Waals surface area (Å²) in [5.74, 6) is 2.22. The largest absolute Gasteiger partial charge is 0.347 e. The van der Waals surface area contributed by atoms with E-state index >= 15 is 0 Å². The Balaban J connectivity index is 1.56. The summed E-state index contributed by atoms with van der Waals surface area (Å²) in [5, 5.41) is 5.66. The number of urea groups is 1. The molecule has 0 aromatic heterocycles. The maximum atomic E-state index is 11.6. The van der Waals surface area contributed by atoms with E-state index in [9.17, 15) is 4.79 Å². The summed E-state index contributed by atoms with van der Waals surface area (Å²) < 4.78 is 11.9. The Hall–Kier alpha value is -1.25. The van der Waals surface area contributed by atoms with E-state index in [1.54, 1.807) is 0 Å². The van der Waals surface area contributed by atoms with Gasteiger partial charge in [-0.2, -0.15) is 0 Å². The predicted octanol–water partition coefficient (Wildman–Crippen LogP) is 2.16. The number of carbonyl (C=O) groups is 1. The molecule has 1 saturated heterocycles. The summed E-state index contributed by atoms with van der Waals surface area (Å²) in [6.07, 6.45) is 13.3. The van der Waals surface area contributed by atoms with Gasteiger partial charge in [0.25, 0.3) is 0 Å². The molecule has 2 rings (SSSR count). The molecular formula is C16H26N2O3. The van der Waals surface area contributed by atoms with Gasteiger partial charge >= 0.3 is 6.03 Å². The zero-order valence-electron chi connectivity index (χ0n) is 12.7. The van der Waals surface area contributed by atoms with Gasteiger partial charge in [-0.25, -0.2) is 4.79 Å². The van der Waals surface area contributed by atoms with Gasteiger partial charge in [0.2, 0.25) is 0 Å². The summed E-state index contributed by atoms with van der Waals surface area (Å²) >= 11 is 0. The standard InChI is InChI=1S/C16H26N2O3/c1-2-3-4-8-11-17-15(19)18-12-14-13-20-16(21-14)9-6-5-7-10-16/h1,14H,3-13H2,(H2,17,18,19)/t14-/m1/s1. The summed E-state index contributed by atoms with van der Waals surface area (Å²) in [7, 11) is 0. The van der Waals surface area contributed by atoms with Crippen LogP contribution in [0.4, 0.5) is 4.79 Å². The molecule has 2 fully saturated rings. The van der Waals surface area contributed by atoms with Crippen molar-refractivity contribution in [3.63, 3.8) is 0 Å². The van der Waals surface area contributed by atoms with Gasteiger partial charge in [-0.1, -0.05) is 6.42 Å². The van der Waals surface area contributed by atoms with Crippen LogP contribution in [0.3, 0.4) is 0 Å². The fraction of sp³-hybridized carbons (Fsp3) is 0.812. The Morgan fingerprint density at radius 1 is 1.24 bits per heavy atom. The molecule has 0 bridgehead atoms. The van der Waals surface area contributed by atoms with Crippen LogP contribution in [0.1, 0.15) is 51.4 Å². The number of amides is 2. The highest BCUT2D eigenvalue weighted by molar-refractivity contribution is 5.73. The third kappa shape index (κ3) is 5.22. The molecule has 1 aliphatic heterocycles. The van der Waals surface area contributed by atoms with Crippen molar-refractivity contribution in [1.82, 2.24) is 10.6 Å². The summed E-state index contributed by atoms with van der Waals surface area (Å²) in [6, 6.07) is -0.149. The van der Waals surface area contributed by atoms with Crippen molar-refractivity contribution in [1.29, 1.82) is 0 Å². The van der Waals surface area contributed by atoms with Crippen LogP contribution in [0.15, 0.2) is 0 Å². The quantitative estimate of drug-likeness (QED) is 0.583. The second-order valence-electron chi connectivity index (χ2n) is 5.82. The molecule has 5 heteroatoms. The van der Waals surface area contributed by atoms with Gasteiger partial charge in [0.15, 0.2) is 5.79 Å². The van der Waals surface area contributed by atoms with Crippen molar-refractivity contribution >= 4 is 6.03 Å². The van der Waals surface area contributed by atoms with E-state index in [-0.39, 0.29) is 17.9 Å². The van der Waals surface area contributed by atoms with Crippen LogP contribution in [0, 0.1) is 12.3 Å². The van der Waals surface area contributed by atoms with Crippen molar-refractivity contribution in [2.45, 2.75) is 63.3 Å². The Bertz CT molecular complexity index is 372. The fourth-order valence-corrected chi connectivity index (χ4v) is 2.89. The molecule has 2 aliphatic rings. The minimum atomic E-state index is -0.365. The van der Waals surface area contributed by atoms with Gasteiger partial charge < -0.3 is 20.1 Å². The molecule has 1 atom stereocenters. The molecule has 1 heterocycles. The SMILES string of the molecule is C#CCCCCNC(=O)NC[C@@H]1COC2(CCCCC2)O1. The van der Waals surface area contributed by atoms with Gasteiger partial charge in [-0.05, 0) is 25.7 Å². The minimum Gasteiger partial charge on any atom is -0.347 e. The maximum Gasteiger partial charge on any atom is 0.314 e. The Labute approximate surface area is 127 Å². The smallest absolute Gasteiger partial charge is 0.314 e. The second kappa shape index (κ2) is 8.26. The van der Waals surface area contributed by atoms with Crippen LogP contribution >= 0.6 is 0 Å². The average Bonchev–Trinajstić information content (AvgIpc) is 2.88.